The van der Waals surface area contributed by atoms with Crippen molar-refractivity contribution in [1.82, 2.24) is 0 Å². The van der Waals surface area contributed by atoms with Crippen LogP contribution in [-0.2, 0) is 12.2 Å². The minimum absolute atomic E-state index is 0.203. The summed E-state index contributed by atoms with van der Waals surface area (Å²) in [6, 6.07) is 3.55. The van der Waals surface area contributed by atoms with E-state index in [0.717, 1.165) is 37.0 Å². The Balaban J connectivity index is 2.07. The van der Waals surface area contributed by atoms with Crippen molar-refractivity contribution in [3.63, 3.8) is 0 Å². The standard InChI is InChI=1S/C14H18FNO2/c15-8-10-6-11(13-12(7-10)17-9-18-13)14(16)4-2-1-3-5-14/h6-7H,1-5,8-9,16H2. The van der Waals surface area contributed by atoms with Gasteiger partial charge in [-0.2, -0.15) is 0 Å². The van der Waals surface area contributed by atoms with Crippen LogP contribution in [0.25, 0.3) is 0 Å². The second-order valence-electron chi connectivity index (χ2n) is 5.23. The van der Waals surface area contributed by atoms with Gasteiger partial charge in [-0.05, 0) is 30.5 Å². The zero-order valence-electron chi connectivity index (χ0n) is 10.4. The highest BCUT2D eigenvalue weighted by molar-refractivity contribution is 5.53. The van der Waals surface area contributed by atoms with Crippen molar-refractivity contribution in [2.75, 3.05) is 6.79 Å². The molecule has 3 nitrogen and oxygen atoms in total. The molecule has 1 aromatic rings. The van der Waals surface area contributed by atoms with Gasteiger partial charge in [-0.3, -0.25) is 0 Å². The molecule has 4 heteroatoms. The van der Waals surface area contributed by atoms with Crippen molar-refractivity contribution in [3.05, 3.63) is 23.3 Å². The third-order valence-electron chi connectivity index (χ3n) is 3.97. The summed E-state index contributed by atoms with van der Waals surface area (Å²) in [7, 11) is 0. The van der Waals surface area contributed by atoms with Gasteiger partial charge in [-0.15, -0.1) is 0 Å². The summed E-state index contributed by atoms with van der Waals surface area (Å²) in [4.78, 5) is 0. The average molecular weight is 251 g/mol. The van der Waals surface area contributed by atoms with Crippen LogP contribution in [0, 0.1) is 0 Å². The van der Waals surface area contributed by atoms with Gasteiger partial charge in [0, 0.05) is 11.1 Å². The van der Waals surface area contributed by atoms with Gasteiger partial charge in [0.15, 0.2) is 11.5 Å². The number of benzene rings is 1. The molecule has 1 fully saturated rings. The first-order valence-electron chi connectivity index (χ1n) is 6.51. The maximum absolute atomic E-state index is 12.9. The number of halogens is 1. The third-order valence-corrected chi connectivity index (χ3v) is 3.97. The lowest BCUT2D eigenvalue weighted by molar-refractivity contribution is 0.170. The van der Waals surface area contributed by atoms with E-state index in [9.17, 15) is 4.39 Å². The fraction of sp³-hybridized carbons (Fsp3) is 0.571. The lowest BCUT2D eigenvalue weighted by Gasteiger charge is -2.34. The summed E-state index contributed by atoms with van der Waals surface area (Å²) in [5.41, 5.74) is 7.67. The Kier molecular flexibility index (Phi) is 2.90. The third kappa shape index (κ3) is 1.85. The second-order valence-corrected chi connectivity index (χ2v) is 5.23. The van der Waals surface area contributed by atoms with Crippen LogP contribution in [0.4, 0.5) is 4.39 Å². The Bertz CT molecular complexity index is 455. The Morgan fingerprint density at radius 2 is 1.94 bits per heavy atom. The molecular formula is C14H18FNO2. The molecule has 0 atom stereocenters. The van der Waals surface area contributed by atoms with Crippen LogP contribution in [0.1, 0.15) is 43.2 Å². The number of fused-ring (bicyclic) bond motifs is 1. The van der Waals surface area contributed by atoms with Gasteiger partial charge in [0.25, 0.3) is 0 Å². The van der Waals surface area contributed by atoms with E-state index in [4.69, 9.17) is 15.2 Å². The molecule has 1 aromatic carbocycles. The molecule has 0 aromatic heterocycles. The van der Waals surface area contributed by atoms with Crippen molar-refractivity contribution in [3.8, 4) is 11.5 Å². The Hall–Kier alpha value is -1.29. The monoisotopic (exact) mass is 251 g/mol. The van der Waals surface area contributed by atoms with Crippen molar-refractivity contribution in [2.45, 2.75) is 44.3 Å². The fourth-order valence-corrected chi connectivity index (χ4v) is 2.97. The van der Waals surface area contributed by atoms with Crippen LogP contribution in [0.3, 0.4) is 0 Å². The van der Waals surface area contributed by atoms with Crippen molar-refractivity contribution >= 4 is 0 Å². The highest BCUT2D eigenvalue weighted by atomic mass is 19.1. The predicted molar refractivity (Wildman–Crippen MR) is 66.3 cm³/mol. The summed E-state index contributed by atoms with van der Waals surface area (Å²) in [5.74, 6) is 1.35. The molecule has 98 valence electrons. The summed E-state index contributed by atoms with van der Waals surface area (Å²) in [6.07, 6.45) is 5.32. The van der Waals surface area contributed by atoms with E-state index in [2.05, 4.69) is 0 Å². The first-order valence-corrected chi connectivity index (χ1v) is 6.51. The Morgan fingerprint density at radius 1 is 1.17 bits per heavy atom. The predicted octanol–water partition coefficient (Wildman–Crippen LogP) is 3.00. The van der Waals surface area contributed by atoms with E-state index in [1.54, 1.807) is 6.07 Å². The van der Waals surface area contributed by atoms with E-state index >= 15 is 0 Å². The lowest BCUT2D eigenvalue weighted by Crippen LogP contribution is -2.38. The molecule has 18 heavy (non-hydrogen) atoms. The molecule has 0 unspecified atom stereocenters. The Morgan fingerprint density at radius 3 is 2.67 bits per heavy atom. The molecule has 1 heterocycles. The molecule has 2 N–H and O–H groups in total. The van der Waals surface area contributed by atoms with Gasteiger partial charge >= 0.3 is 0 Å². The van der Waals surface area contributed by atoms with Crippen molar-refractivity contribution in [1.29, 1.82) is 0 Å². The number of hydrogen-bond acceptors (Lipinski definition) is 3. The van der Waals surface area contributed by atoms with Gasteiger partial charge < -0.3 is 15.2 Å². The van der Waals surface area contributed by atoms with E-state index in [0.29, 0.717) is 11.3 Å². The van der Waals surface area contributed by atoms with Crippen LogP contribution in [0.15, 0.2) is 12.1 Å². The second kappa shape index (κ2) is 4.43. The number of rotatable bonds is 2. The molecule has 0 saturated heterocycles. The van der Waals surface area contributed by atoms with Gasteiger partial charge in [0.05, 0.1) is 0 Å². The normalized spacial score (nSPS) is 21.0. The first-order chi connectivity index (χ1) is 8.73. The minimum Gasteiger partial charge on any atom is -0.454 e. The van der Waals surface area contributed by atoms with Crippen molar-refractivity contribution < 1.29 is 13.9 Å². The van der Waals surface area contributed by atoms with Gasteiger partial charge in [0.2, 0.25) is 6.79 Å². The maximum Gasteiger partial charge on any atom is 0.231 e. The number of hydrogen-bond donors (Lipinski definition) is 1. The molecular weight excluding hydrogens is 233 g/mol. The maximum atomic E-state index is 12.9. The highest BCUT2D eigenvalue weighted by Gasteiger charge is 2.35. The highest BCUT2D eigenvalue weighted by Crippen LogP contribution is 2.45. The molecule has 0 amide bonds. The van der Waals surface area contributed by atoms with E-state index in [-0.39, 0.29) is 12.3 Å². The van der Waals surface area contributed by atoms with E-state index < -0.39 is 6.67 Å². The van der Waals surface area contributed by atoms with Crippen molar-refractivity contribution in [2.24, 2.45) is 5.73 Å². The molecule has 0 bridgehead atoms. The Labute approximate surface area is 106 Å². The summed E-state index contributed by atoms with van der Waals surface area (Å²) >= 11 is 0. The molecule has 2 aliphatic rings. The molecule has 0 radical (unpaired) electrons. The molecule has 1 aliphatic heterocycles. The van der Waals surface area contributed by atoms with Crippen LogP contribution >= 0.6 is 0 Å². The lowest BCUT2D eigenvalue weighted by atomic mass is 9.76. The van der Waals surface area contributed by atoms with E-state index in [1.165, 1.54) is 6.42 Å². The summed E-state index contributed by atoms with van der Waals surface area (Å²) < 4.78 is 23.8. The number of alkyl halides is 1. The smallest absolute Gasteiger partial charge is 0.231 e. The molecule has 1 aliphatic carbocycles. The minimum atomic E-state index is -0.500. The molecule has 1 saturated carbocycles. The largest absolute Gasteiger partial charge is 0.454 e. The van der Waals surface area contributed by atoms with Crippen LogP contribution in [0.5, 0.6) is 11.5 Å². The average Bonchev–Trinajstić information content (AvgIpc) is 2.86. The number of nitrogens with two attached hydrogens (primary N) is 1. The molecule has 0 spiro atoms. The summed E-state index contributed by atoms with van der Waals surface area (Å²) in [5, 5.41) is 0. The van der Waals surface area contributed by atoms with Gasteiger partial charge in [0.1, 0.15) is 6.67 Å². The van der Waals surface area contributed by atoms with Crippen LogP contribution in [-0.4, -0.2) is 6.79 Å². The number of ether oxygens (including phenoxy) is 2. The SMILES string of the molecule is NC1(c2cc(CF)cc3c2OCO3)CCCCC1. The first kappa shape index (κ1) is 11.8. The van der Waals surface area contributed by atoms with Gasteiger partial charge in [-0.1, -0.05) is 19.3 Å². The van der Waals surface area contributed by atoms with E-state index in [1.807, 2.05) is 6.07 Å². The zero-order chi connectivity index (χ0) is 12.6. The van der Waals surface area contributed by atoms with Gasteiger partial charge in [-0.25, -0.2) is 4.39 Å². The quantitative estimate of drug-likeness (QED) is 0.878. The van der Waals surface area contributed by atoms with Crippen LogP contribution in [0.2, 0.25) is 0 Å². The molecule has 3 rings (SSSR count). The van der Waals surface area contributed by atoms with Crippen LogP contribution < -0.4 is 15.2 Å². The summed E-state index contributed by atoms with van der Waals surface area (Å²) in [6.45, 7) is -0.298. The topological polar surface area (TPSA) is 44.5 Å². The fourth-order valence-electron chi connectivity index (χ4n) is 2.97. The zero-order valence-corrected chi connectivity index (χ0v) is 10.4.